The van der Waals surface area contributed by atoms with Gasteiger partial charge in [-0.1, -0.05) is 30.3 Å². The third kappa shape index (κ3) is 4.08. The standard InChI is InChI=1S/C15H14BrNO/c16-14-8-13(10-17-11-14)9-15(18)7-6-12-4-2-1-3-5-12/h1-5,8,10-11H,6-7,9H2. The number of ketones is 1. The molecule has 0 aliphatic carbocycles. The van der Waals surface area contributed by atoms with Crippen LogP contribution < -0.4 is 0 Å². The Labute approximate surface area is 115 Å². The van der Waals surface area contributed by atoms with E-state index in [9.17, 15) is 4.79 Å². The Bertz CT molecular complexity index is 525. The molecule has 0 bridgehead atoms. The Hall–Kier alpha value is -1.48. The predicted molar refractivity (Wildman–Crippen MR) is 75.4 cm³/mol. The average Bonchev–Trinajstić information content (AvgIpc) is 2.38. The second-order valence-corrected chi connectivity index (χ2v) is 5.13. The van der Waals surface area contributed by atoms with Crippen LogP contribution in [0.4, 0.5) is 0 Å². The summed E-state index contributed by atoms with van der Waals surface area (Å²) in [5.41, 5.74) is 2.17. The van der Waals surface area contributed by atoms with Crippen molar-refractivity contribution in [1.82, 2.24) is 4.98 Å². The normalized spacial score (nSPS) is 10.3. The summed E-state index contributed by atoms with van der Waals surface area (Å²) >= 11 is 3.35. The monoisotopic (exact) mass is 303 g/mol. The topological polar surface area (TPSA) is 30.0 Å². The number of aryl methyl sites for hydroxylation is 1. The predicted octanol–water partition coefficient (Wildman–Crippen LogP) is 3.59. The van der Waals surface area contributed by atoms with E-state index in [1.165, 1.54) is 5.56 Å². The van der Waals surface area contributed by atoms with E-state index in [1.54, 1.807) is 12.4 Å². The minimum Gasteiger partial charge on any atom is -0.299 e. The first-order valence-electron chi connectivity index (χ1n) is 5.89. The zero-order chi connectivity index (χ0) is 12.8. The summed E-state index contributed by atoms with van der Waals surface area (Å²) in [7, 11) is 0. The van der Waals surface area contributed by atoms with Crippen LogP contribution in [0.2, 0.25) is 0 Å². The van der Waals surface area contributed by atoms with Crippen molar-refractivity contribution >= 4 is 21.7 Å². The quantitative estimate of drug-likeness (QED) is 0.845. The van der Waals surface area contributed by atoms with Crippen molar-refractivity contribution in [2.24, 2.45) is 0 Å². The van der Waals surface area contributed by atoms with E-state index >= 15 is 0 Å². The summed E-state index contributed by atoms with van der Waals surface area (Å²) in [6.07, 6.45) is 5.31. The highest BCUT2D eigenvalue weighted by Gasteiger charge is 2.05. The smallest absolute Gasteiger partial charge is 0.137 e. The van der Waals surface area contributed by atoms with Crippen molar-refractivity contribution in [1.29, 1.82) is 0 Å². The molecule has 0 fully saturated rings. The van der Waals surface area contributed by atoms with E-state index < -0.39 is 0 Å². The molecule has 0 atom stereocenters. The van der Waals surface area contributed by atoms with Gasteiger partial charge in [-0.2, -0.15) is 0 Å². The number of pyridine rings is 1. The molecule has 1 heterocycles. The maximum Gasteiger partial charge on any atom is 0.137 e. The van der Waals surface area contributed by atoms with Crippen LogP contribution in [-0.2, 0) is 17.6 Å². The molecule has 3 heteroatoms. The number of halogens is 1. The lowest BCUT2D eigenvalue weighted by Gasteiger charge is -2.02. The van der Waals surface area contributed by atoms with Gasteiger partial charge >= 0.3 is 0 Å². The maximum atomic E-state index is 11.9. The molecule has 2 nitrogen and oxygen atoms in total. The Morgan fingerprint density at radius 3 is 2.61 bits per heavy atom. The molecule has 1 aromatic heterocycles. The molecule has 92 valence electrons. The van der Waals surface area contributed by atoms with E-state index in [0.29, 0.717) is 12.8 Å². The van der Waals surface area contributed by atoms with Crippen molar-refractivity contribution in [2.45, 2.75) is 19.3 Å². The summed E-state index contributed by atoms with van der Waals surface area (Å²) in [5.74, 6) is 0.249. The third-order valence-electron chi connectivity index (χ3n) is 2.70. The molecule has 0 N–H and O–H groups in total. The fraction of sp³-hybridized carbons (Fsp3) is 0.200. The van der Waals surface area contributed by atoms with Crippen LogP contribution in [0, 0.1) is 0 Å². The lowest BCUT2D eigenvalue weighted by molar-refractivity contribution is -0.118. The first kappa shape index (κ1) is 13.0. The van der Waals surface area contributed by atoms with E-state index in [4.69, 9.17) is 0 Å². The maximum absolute atomic E-state index is 11.9. The molecular weight excluding hydrogens is 290 g/mol. The van der Waals surface area contributed by atoms with Gasteiger partial charge in [-0.25, -0.2) is 0 Å². The minimum atomic E-state index is 0.249. The van der Waals surface area contributed by atoms with Crippen molar-refractivity contribution in [2.75, 3.05) is 0 Å². The van der Waals surface area contributed by atoms with Gasteiger partial charge in [-0.05, 0) is 39.5 Å². The van der Waals surface area contributed by atoms with Gasteiger partial charge in [0.15, 0.2) is 0 Å². The molecule has 0 saturated heterocycles. The summed E-state index contributed by atoms with van der Waals surface area (Å²) in [4.78, 5) is 15.9. The number of carbonyl (C=O) groups excluding carboxylic acids is 1. The van der Waals surface area contributed by atoms with Crippen molar-refractivity contribution < 1.29 is 4.79 Å². The van der Waals surface area contributed by atoms with Crippen molar-refractivity contribution in [3.63, 3.8) is 0 Å². The Balaban J connectivity index is 1.86. The van der Waals surface area contributed by atoms with Crippen LogP contribution in [0.3, 0.4) is 0 Å². The molecule has 0 aliphatic heterocycles. The Kier molecular flexibility index (Phi) is 4.65. The molecule has 0 radical (unpaired) electrons. The Morgan fingerprint density at radius 1 is 1.11 bits per heavy atom. The van der Waals surface area contributed by atoms with Gasteiger partial charge < -0.3 is 0 Å². The summed E-state index contributed by atoms with van der Waals surface area (Å²) in [6, 6.07) is 12.0. The summed E-state index contributed by atoms with van der Waals surface area (Å²) in [5, 5.41) is 0. The molecule has 2 aromatic rings. The molecule has 0 saturated carbocycles. The van der Waals surface area contributed by atoms with Crippen LogP contribution in [0.25, 0.3) is 0 Å². The van der Waals surface area contributed by atoms with Gasteiger partial charge in [0.2, 0.25) is 0 Å². The highest BCUT2D eigenvalue weighted by atomic mass is 79.9. The number of nitrogens with zero attached hydrogens (tertiary/aromatic N) is 1. The fourth-order valence-corrected chi connectivity index (χ4v) is 2.21. The largest absolute Gasteiger partial charge is 0.299 e. The highest BCUT2D eigenvalue weighted by Crippen LogP contribution is 2.11. The fourth-order valence-electron chi connectivity index (χ4n) is 1.80. The van der Waals surface area contributed by atoms with E-state index in [-0.39, 0.29) is 5.78 Å². The second-order valence-electron chi connectivity index (χ2n) is 4.21. The molecule has 2 rings (SSSR count). The molecule has 0 spiro atoms. The van der Waals surface area contributed by atoms with Gasteiger partial charge in [0.25, 0.3) is 0 Å². The van der Waals surface area contributed by atoms with Crippen LogP contribution in [0.15, 0.2) is 53.3 Å². The van der Waals surface area contributed by atoms with Gasteiger partial charge in [0, 0.05) is 29.7 Å². The van der Waals surface area contributed by atoms with Crippen molar-refractivity contribution in [3.8, 4) is 0 Å². The van der Waals surface area contributed by atoms with Gasteiger partial charge in [0.1, 0.15) is 5.78 Å². The molecule has 0 unspecified atom stereocenters. The number of Topliss-reactive ketones (excluding diaryl/α,β-unsaturated/α-hetero) is 1. The summed E-state index contributed by atoms with van der Waals surface area (Å²) < 4.78 is 0.913. The van der Waals surface area contributed by atoms with Crippen LogP contribution in [0.1, 0.15) is 17.5 Å². The molecule has 1 aromatic carbocycles. The zero-order valence-corrected chi connectivity index (χ0v) is 11.6. The minimum absolute atomic E-state index is 0.249. The first-order valence-corrected chi connectivity index (χ1v) is 6.68. The number of hydrogen-bond donors (Lipinski definition) is 0. The van der Waals surface area contributed by atoms with E-state index in [1.807, 2.05) is 36.4 Å². The molecule has 0 aliphatic rings. The lowest BCUT2D eigenvalue weighted by Crippen LogP contribution is -2.04. The molecule has 18 heavy (non-hydrogen) atoms. The van der Waals surface area contributed by atoms with Gasteiger partial charge in [0.05, 0.1) is 0 Å². The van der Waals surface area contributed by atoms with Gasteiger partial charge in [-0.15, -0.1) is 0 Å². The lowest BCUT2D eigenvalue weighted by atomic mass is 10.0. The molecular formula is C15H14BrNO. The van der Waals surface area contributed by atoms with Crippen molar-refractivity contribution in [3.05, 3.63) is 64.4 Å². The van der Waals surface area contributed by atoms with Crippen LogP contribution in [0.5, 0.6) is 0 Å². The third-order valence-corrected chi connectivity index (χ3v) is 3.13. The van der Waals surface area contributed by atoms with Crippen LogP contribution >= 0.6 is 15.9 Å². The molecule has 0 amide bonds. The van der Waals surface area contributed by atoms with E-state index in [2.05, 4.69) is 20.9 Å². The SMILES string of the molecule is O=C(CCc1ccccc1)Cc1cncc(Br)c1. The van der Waals surface area contributed by atoms with Crippen LogP contribution in [-0.4, -0.2) is 10.8 Å². The zero-order valence-electron chi connectivity index (χ0n) is 9.97. The Morgan fingerprint density at radius 2 is 1.89 bits per heavy atom. The highest BCUT2D eigenvalue weighted by molar-refractivity contribution is 9.10. The average molecular weight is 304 g/mol. The number of carbonyl (C=O) groups is 1. The second kappa shape index (κ2) is 6.45. The summed E-state index contributed by atoms with van der Waals surface area (Å²) in [6.45, 7) is 0. The van der Waals surface area contributed by atoms with Gasteiger partial charge in [-0.3, -0.25) is 9.78 Å². The van der Waals surface area contributed by atoms with E-state index in [0.717, 1.165) is 16.5 Å². The first-order chi connectivity index (χ1) is 8.74. The number of hydrogen-bond acceptors (Lipinski definition) is 2. The number of rotatable bonds is 5. The number of benzene rings is 1. The number of aromatic nitrogens is 1.